The number of anilines is 1. The maximum Gasteiger partial charge on any atom is 0.247 e. The molecule has 0 radical (unpaired) electrons. The van der Waals surface area contributed by atoms with E-state index in [1.165, 1.54) is 5.56 Å². The maximum atomic E-state index is 13.0. The molecule has 5 heteroatoms. The summed E-state index contributed by atoms with van der Waals surface area (Å²) in [5.41, 5.74) is 3.25. The van der Waals surface area contributed by atoms with Crippen molar-refractivity contribution in [1.82, 2.24) is 10.3 Å². The highest BCUT2D eigenvalue weighted by Crippen LogP contribution is 2.29. The number of pyridine rings is 1. The second-order valence-electron chi connectivity index (χ2n) is 8.25. The van der Waals surface area contributed by atoms with Crippen LogP contribution in [-0.2, 0) is 14.9 Å². The highest BCUT2D eigenvalue weighted by molar-refractivity contribution is 5.86. The van der Waals surface area contributed by atoms with Crippen molar-refractivity contribution in [3.63, 3.8) is 0 Å². The van der Waals surface area contributed by atoms with Gasteiger partial charge >= 0.3 is 0 Å². The summed E-state index contributed by atoms with van der Waals surface area (Å²) in [5.74, 6) is 0.400. The van der Waals surface area contributed by atoms with Crippen LogP contribution in [0, 0.1) is 5.92 Å². The number of ether oxygens (including phenoxy) is 1. The summed E-state index contributed by atoms with van der Waals surface area (Å²) in [4.78, 5) is 19.2. The van der Waals surface area contributed by atoms with Crippen molar-refractivity contribution in [2.45, 2.75) is 32.2 Å². The molecule has 27 heavy (non-hydrogen) atoms. The van der Waals surface area contributed by atoms with Crippen LogP contribution in [0.4, 0.5) is 5.69 Å². The first-order chi connectivity index (χ1) is 12.9. The van der Waals surface area contributed by atoms with Gasteiger partial charge < -0.3 is 15.0 Å². The van der Waals surface area contributed by atoms with E-state index in [4.69, 9.17) is 4.74 Å². The normalized spacial score (nSPS) is 15.7. The van der Waals surface area contributed by atoms with Crippen LogP contribution >= 0.6 is 0 Å². The van der Waals surface area contributed by atoms with E-state index in [-0.39, 0.29) is 11.3 Å². The first-order valence-electron chi connectivity index (χ1n) is 9.45. The molecule has 2 heterocycles. The minimum Gasteiger partial charge on any atom is -0.381 e. The molecule has 144 valence electrons. The minimum absolute atomic E-state index is 0.0164. The van der Waals surface area contributed by atoms with Gasteiger partial charge in [0.2, 0.25) is 5.91 Å². The molecule has 3 rings (SSSR count). The largest absolute Gasteiger partial charge is 0.381 e. The van der Waals surface area contributed by atoms with Crippen LogP contribution in [0.3, 0.4) is 0 Å². The Morgan fingerprint density at radius 3 is 2.48 bits per heavy atom. The SMILES string of the molecule is CN(c1ccc(C(C)(C)C)cc1)C(C(=O)NCC1COC1)c1cccnc1. The Morgan fingerprint density at radius 1 is 1.26 bits per heavy atom. The van der Waals surface area contributed by atoms with Crippen LogP contribution < -0.4 is 10.2 Å². The van der Waals surface area contributed by atoms with E-state index in [1.54, 1.807) is 12.4 Å². The number of carbonyl (C=O) groups excluding carboxylic acids is 1. The molecule has 1 amide bonds. The standard InChI is InChI=1S/C22H29N3O2/c1-22(2,3)18-7-9-19(10-8-18)25(4)20(17-6-5-11-23-13-17)21(26)24-12-16-14-27-15-16/h5-11,13,16,20H,12,14-15H2,1-4H3,(H,24,26). The highest BCUT2D eigenvalue weighted by atomic mass is 16.5. The molecule has 1 atom stereocenters. The molecular weight excluding hydrogens is 338 g/mol. The predicted octanol–water partition coefficient (Wildman–Crippen LogP) is 3.32. The van der Waals surface area contributed by atoms with Gasteiger partial charge in [0, 0.05) is 43.2 Å². The molecule has 1 aliphatic heterocycles. The van der Waals surface area contributed by atoms with E-state index in [0.29, 0.717) is 12.5 Å². The van der Waals surface area contributed by atoms with Gasteiger partial charge in [0.25, 0.3) is 0 Å². The smallest absolute Gasteiger partial charge is 0.247 e. The number of hydrogen-bond donors (Lipinski definition) is 1. The quantitative estimate of drug-likeness (QED) is 0.851. The second kappa shape index (κ2) is 8.09. The van der Waals surface area contributed by atoms with Crippen LogP contribution in [-0.4, -0.2) is 37.7 Å². The zero-order chi connectivity index (χ0) is 19.4. The number of aromatic nitrogens is 1. The zero-order valence-electron chi connectivity index (χ0n) is 16.6. The van der Waals surface area contributed by atoms with Crippen LogP contribution in [0.15, 0.2) is 48.8 Å². The van der Waals surface area contributed by atoms with Crippen molar-refractivity contribution in [1.29, 1.82) is 0 Å². The van der Waals surface area contributed by atoms with Crippen molar-refractivity contribution in [3.8, 4) is 0 Å². The summed E-state index contributed by atoms with van der Waals surface area (Å²) in [6.45, 7) is 8.68. The molecule has 1 aromatic carbocycles. The molecule has 1 aromatic heterocycles. The Labute approximate surface area is 161 Å². The summed E-state index contributed by atoms with van der Waals surface area (Å²) in [7, 11) is 1.95. The lowest BCUT2D eigenvalue weighted by atomic mass is 9.87. The number of amides is 1. The van der Waals surface area contributed by atoms with Gasteiger partial charge in [-0.15, -0.1) is 0 Å². The lowest BCUT2D eigenvalue weighted by molar-refractivity contribution is -0.123. The fraction of sp³-hybridized carbons (Fsp3) is 0.455. The summed E-state index contributed by atoms with van der Waals surface area (Å²) in [5, 5.41) is 3.08. The third kappa shape index (κ3) is 4.66. The topological polar surface area (TPSA) is 54.5 Å². The molecule has 0 aliphatic carbocycles. The lowest BCUT2D eigenvalue weighted by Crippen LogP contribution is -2.44. The third-order valence-electron chi connectivity index (χ3n) is 5.05. The van der Waals surface area contributed by atoms with E-state index in [9.17, 15) is 4.79 Å². The fourth-order valence-corrected chi connectivity index (χ4v) is 3.18. The first-order valence-corrected chi connectivity index (χ1v) is 9.45. The molecular formula is C22H29N3O2. The third-order valence-corrected chi connectivity index (χ3v) is 5.05. The van der Waals surface area contributed by atoms with Gasteiger partial charge in [-0.05, 0) is 29.2 Å². The number of rotatable bonds is 6. The molecule has 0 saturated carbocycles. The number of carbonyl (C=O) groups is 1. The molecule has 2 aromatic rings. The lowest BCUT2D eigenvalue weighted by Gasteiger charge is -2.31. The molecule has 0 spiro atoms. The van der Waals surface area contributed by atoms with Crippen molar-refractivity contribution < 1.29 is 9.53 Å². The number of nitrogens with zero attached hydrogens (tertiary/aromatic N) is 2. The Balaban J connectivity index is 1.81. The Bertz CT molecular complexity index is 749. The summed E-state index contributed by atoms with van der Waals surface area (Å²) < 4.78 is 5.20. The molecule has 5 nitrogen and oxygen atoms in total. The summed E-state index contributed by atoms with van der Waals surface area (Å²) in [6.07, 6.45) is 3.49. The molecule has 1 aliphatic rings. The van der Waals surface area contributed by atoms with E-state index >= 15 is 0 Å². The summed E-state index contributed by atoms with van der Waals surface area (Å²) >= 11 is 0. The molecule has 1 fully saturated rings. The van der Waals surface area contributed by atoms with E-state index < -0.39 is 6.04 Å². The minimum atomic E-state index is -0.430. The van der Waals surface area contributed by atoms with Gasteiger partial charge in [0.1, 0.15) is 6.04 Å². The van der Waals surface area contributed by atoms with Gasteiger partial charge in [-0.1, -0.05) is 39.0 Å². The van der Waals surface area contributed by atoms with E-state index in [1.807, 2.05) is 24.1 Å². The van der Waals surface area contributed by atoms with Gasteiger partial charge in [0.15, 0.2) is 0 Å². The maximum absolute atomic E-state index is 13.0. The van der Waals surface area contributed by atoms with Gasteiger partial charge in [-0.3, -0.25) is 9.78 Å². The monoisotopic (exact) mass is 367 g/mol. The van der Waals surface area contributed by atoms with Gasteiger partial charge in [0.05, 0.1) is 13.2 Å². The zero-order valence-corrected chi connectivity index (χ0v) is 16.6. The van der Waals surface area contributed by atoms with Crippen molar-refractivity contribution in [3.05, 3.63) is 59.9 Å². The average Bonchev–Trinajstić information content (AvgIpc) is 2.61. The Morgan fingerprint density at radius 2 is 1.96 bits per heavy atom. The number of hydrogen-bond acceptors (Lipinski definition) is 4. The number of benzene rings is 1. The first kappa shape index (κ1) is 19.4. The summed E-state index contributed by atoms with van der Waals surface area (Å²) in [6, 6.07) is 11.8. The molecule has 1 N–H and O–H groups in total. The number of likely N-dealkylation sites (N-methyl/N-ethyl adjacent to an activating group) is 1. The molecule has 0 bridgehead atoms. The van der Waals surface area contributed by atoms with Crippen molar-refractivity contribution >= 4 is 11.6 Å². The van der Waals surface area contributed by atoms with Crippen LogP contribution in [0.25, 0.3) is 0 Å². The van der Waals surface area contributed by atoms with Crippen LogP contribution in [0.2, 0.25) is 0 Å². The average molecular weight is 367 g/mol. The number of nitrogens with one attached hydrogen (secondary N) is 1. The van der Waals surface area contributed by atoms with Crippen LogP contribution in [0.1, 0.15) is 37.9 Å². The van der Waals surface area contributed by atoms with Gasteiger partial charge in [-0.2, -0.15) is 0 Å². The fourth-order valence-electron chi connectivity index (χ4n) is 3.18. The predicted molar refractivity (Wildman–Crippen MR) is 108 cm³/mol. The second-order valence-corrected chi connectivity index (χ2v) is 8.25. The van der Waals surface area contributed by atoms with Gasteiger partial charge in [-0.25, -0.2) is 0 Å². The Kier molecular flexibility index (Phi) is 5.80. The van der Waals surface area contributed by atoms with Crippen molar-refractivity contribution in [2.24, 2.45) is 5.92 Å². The molecule has 1 saturated heterocycles. The molecule has 1 unspecified atom stereocenters. The van der Waals surface area contributed by atoms with E-state index in [0.717, 1.165) is 24.5 Å². The highest BCUT2D eigenvalue weighted by Gasteiger charge is 2.28. The van der Waals surface area contributed by atoms with Crippen LogP contribution in [0.5, 0.6) is 0 Å². The van der Waals surface area contributed by atoms with Crippen molar-refractivity contribution in [2.75, 3.05) is 31.7 Å². The Hall–Kier alpha value is -2.40. The van der Waals surface area contributed by atoms with E-state index in [2.05, 4.69) is 55.3 Å².